The van der Waals surface area contributed by atoms with Crippen molar-refractivity contribution in [2.24, 2.45) is 0 Å². The van der Waals surface area contributed by atoms with Crippen LogP contribution in [0.25, 0.3) is 0 Å². The molecule has 0 aromatic heterocycles. The highest BCUT2D eigenvalue weighted by atomic mass is 32.2. The van der Waals surface area contributed by atoms with E-state index in [4.69, 9.17) is 0 Å². The normalized spacial score (nSPS) is 23.7. The number of carboxylic acids is 1. The molecule has 242 valence electrons. The maximum atomic E-state index is 12.2. The first kappa shape index (κ1) is 30.1. The average molecular weight is 652 g/mol. The van der Waals surface area contributed by atoms with Crippen LogP contribution in [-0.4, -0.2) is 64.5 Å². The number of carbonyl (C=O) groups is 1. The summed E-state index contributed by atoms with van der Waals surface area (Å²) in [7, 11) is -4.36. The fourth-order valence-corrected chi connectivity index (χ4v) is 9.39. The Kier molecular flexibility index (Phi) is 6.33. The van der Waals surface area contributed by atoms with Gasteiger partial charge in [0.2, 0.25) is 5.69 Å². The van der Waals surface area contributed by atoms with Crippen molar-refractivity contribution < 1.29 is 27.4 Å². The highest BCUT2D eigenvalue weighted by Crippen LogP contribution is 2.54. The summed E-state index contributed by atoms with van der Waals surface area (Å²) in [6, 6.07) is 18.7. The number of hydrogen-bond donors (Lipinski definition) is 3. The molecule has 0 spiro atoms. The van der Waals surface area contributed by atoms with Gasteiger partial charge in [-0.3, -0.25) is 4.55 Å². The van der Waals surface area contributed by atoms with Gasteiger partial charge in [0.25, 0.3) is 10.1 Å². The molecule has 3 aromatic rings. The molecule has 3 aromatic carbocycles. The fourth-order valence-electron chi connectivity index (χ4n) is 8.88. The smallest absolute Gasteiger partial charge is 0.335 e. The molecule has 5 aliphatic rings. The minimum absolute atomic E-state index is 0.0186. The summed E-state index contributed by atoms with van der Waals surface area (Å²) in [4.78, 5) is 14.0. The molecular formula is C37H39N4O5S+. The van der Waals surface area contributed by atoms with Crippen molar-refractivity contribution >= 4 is 38.9 Å². The summed E-state index contributed by atoms with van der Waals surface area (Å²) in [6.45, 7) is 12.7. The van der Waals surface area contributed by atoms with Gasteiger partial charge in [0.1, 0.15) is 0 Å². The Bertz CT molecular complexity index is 2110. The minimum Gasteiger partial charge on any atom is -0.478 e. The Hall–Kier alpha value is -4.25. The monoisotopic (exact) mass is 651 g/mol. The second-order valence-electron chi connectivity index (χ2n) is 14.5. The molecule has 3 N–H and O–H groups in total. The van der Waals surface area contributed by atoms with Crippen LogP contribution >= 0.6 is 0 Å². The number of hydrazine groups is 1. The van der Waals surface area contributed by atoms with E-state index in [1.165, 1.54) is 39.7 Å². The van der Waals surface area contributed by atoms with Crippen molar-refractivity contribution in [2.75, 3.05) is 23.4 Å². The molecule has 2 unspecified atom stereocenters. The Morgan fingerprint density at radius 1 is 0.936 bits per heavy atom. The third-order valence-corrected chi connectivity index (χ3v) is 11.8. The first-order valence-corrected chi connectivity index (χ1v) is 17.6. The number of rotatable bonds is 4. The lowest BCUT2D eigenvalue weighted by molar-refractivity contribution is -0.443. The Labute approximate surface area is 275 Å². The van der Waals surface area contributed by atoms with E-state index in [1.807, 2.05) is 18.2 Å². The van der Waals surface area contributed by atoms with Crippen molar-refractivity contribution in [3.8, 4) is 0 Å². The summed E-state index contributed by atoms with van der Waals surface area (Å²) in [6.07, 6.45) is 4.15. The van der Waals surface area contributed by atoms with Gasteiger partial charge in [-0.15, -0.1) is 0 Å². The largest absolute Gasteiger partial charge is 0.478 e. The summed E-state index contributed by atoms with van der Waals surface area (Å²) in [5, 5.41) is 11.9. The lowest BCUT2D eigenvalue weighted by atomic mass is 9.72. The molecule has 2 atom stereocenters. The van der Waals surface area contributed by atoms with Crippen molar-refractivity contribution in [1.82, 2.24) is 5.01 Å². The number of hydrogen-bond acceptors (Lipinski definition) is 6. The summed E-state index contributed by atoms with van der Waals surface area (Å²) < 4.78 is 36.6. The van der Waals surface area contributed by atoms with Crippen molar-refractivity contribution in [2.45, 2.75) is 75.3 Å². The number of allylic oxidation sites excluding steroid dienone is 1. The van der Waals surface area contributed by atoms with Gasteiger partial charge < -0.3 is 15.4 Å². The third-order valence-electron chi connectivity index (χ3n) is 11.0. The van der Waals surface area contributed by atoms with Crippen LogP contribution in [0.2, 0.25) is 0 Å². The summed E-state index contributed by atoms with van der Waals surface area (Å²) >= 11 is 0. The topological polar surface area (TPSA) is 113 Å². The molecular weight excluding hydrogens is 612 g/mol. The van der Waals surface area contributed by atoms with Crippen LogP contribution in [0.5, 0.6) is 0 Å². The number of benzene rings is 3. The zero-order valence-corrected chi connectivity index (χ0v) is 28.0. The molecule has 10 heteroatoms. The van der Waals surface area contributed by atoms with Gasteiger partial charge in [0, 0.05) is 52.7 Å². The Balaban J connectivity index is 1.32. The van der Waals surface area contributed by atoms with E-state index >= 15 is 0 Å². The van der Waals surface area contributed by atoms with Gasteiger partial charge in [-0.25, -0.2) is 9.80 Å². The molecule has 0 fully saturated rings. The number of carboxylic acid groups (broad SMARTS) is 1. The molecule has 47 heavy (non-hydrogen) atoms. The van der Waals surface area contributed by atoms with Crippen molar-refractivity contribution in [1.29, 1.82) is 0 Å². The van der Waals surface area contributed by atoms with E-state index in [0.29, 0.717) is 0 Å². The predicted molar refractivity (Wildman–Crippen MR) is 181 cm³/mol. The van der Waals surface area contributed by atoms with E-state index in [2.05, 4.69) is 78.8 Å². The first-order chi connectivity index (χ1) is 22.2. The van der Waals surface area contributed by atoms with Crippen LogP contribution in [-0.2, 0) is 20.9 Å². The maximum absolute atomic E-state index is 12.2. The predicted octanol–water partition coefficient (Wildman–Crippen LogP) is 6.18. The number of anilines is 2. The fraction of sp³-hybridized carbons (Fsp3) is 0.351. The molecule has 0 amide bonds. The number of aryl methyl sites for hydroxylation is 1. The van der Waals surface area contributed by atoms with Crippen molar-refractivity contribution in [3.05, 3.63) is 106 Å². The van der Waals surface area contributed by atoms with E-state index in [9.17, 15) is 22.9 Å². The molecule has 5 heterocycles. The lowest BCUT2D eigenvalue weighted by Crippen LogP contribution is -2.58. The number of nitrogens with zero attached hydrogens (tertiary/aromatic N) is 3. The molecule has 0 bridgehead atoms. The number of fused-ring (bicyclic) bond motifs is 8. The van der Waals surface area contributed by atoms with Crippen LogP contribution in [0.15, 0.2) is 88.5 Å². The molecule has 0 saturated carbocycles. The third kappa shape index (κ3) is 4.31. The molecule has 8 rings (SSSR count). The molecule has 0 radical (unpaired) electrons. The quantitative estimate of drug-likeness (QED) is 0.227. The van der Waals surface area contributed by atoms with Gasteiger partial charge in [0.15, 0.2) is 12.3 Å². The van der Waals surface area contributed by atoms with Crippen molar-refractivity contribution in [3.63, 3.8) is 0 Å². The van der Waals surface area contributed by atoms with Gasteiger partial charge in [-0.05, 0) is 86.9 Å². The summed E-state index contributed by atoms with van der Waals surface area (Å²) in [5.74, 6) is -0.957. The molecule has 0 saturated heterocycles. The second kappa shape index (κ2) is 9.88. The van der Waals surface area contributed by atoms with E-state index in [-0.39, 0.29) is 28.0 Å². The van der Waals surface area contributed by atoms with E-state index in [0.717, 1.165) is 48.6 Å². The number of nitrogens with one attached hydrogen (secondary N) is 1. The Morgan fingerprint density at radius 3 is 2.38 bits per heavy atom. The van der Waals surface area contributed by atoms with Crippen LogP contribution in [0, 0.1) is 6.92 Å². The molecule has 0 aliphatic carbocycles. The van der Waals surface area contributed by atoms with Crippen LogP contribution in [0.1, 0.15) is 67.6 Å². The van der Waals surface area contributed by atoms with Gasteiger partial charge >= 0.3 is 5.97 Å². The van der Waals surface area contributed by atoms with E-state index < -0.39 is 21.5 Å². The van der Waals surface area contributed by atoms with Gasteiger partial charge in [0.05, 0.1) is 28.0 Å². The minimum atomic E-state index is -4.36. The van der Waals surface area contributed by atoms with Gasteiger partial charge in [-0.1, -0.05) is 31.5 Å². The van der Waals surface area contributed by atoms with Crippen LogP contribution in [0.3, 0.4) is 0 Å². The second-order valence-corrected chi connectivity index (χ2v) is 15.9. The zero-order chi connectivity index (χ0) is 33.2. The molecule has 5 aliphatic heterocycles. The molecule has 9 nitrogen and oxygen atoms in total. The highest BCUT2D eigenvalue weighted by Gasteiger charge is 2.56. The van der Waals surface area contributed by atoms with E-state index in [1.54, 1.807) is 18.2 Å². The standard InChI is InChI=1S/C37H38N4O5S/c1-21-6-12-31-27(18-21)36(2,3)33-25-20-26-30(41(29(25)14-16-39(31)33)38-23-9-7-22(8-10-23)35(42)43)15-17-40-32-13-11-24(47(44,45)46)19-28(32)37(4,5)34(26)40/h6-13,18-20,29-30,38H,14-17H2,1-5H3,(H-,42,43,44,45,46)/p+1. The zero-order valence-electron chi connectivity index (χ0n) is 27.2. The highest BCUT2D eigenvalue weighted by molar-refractivity contribution is 7.85. The maximum Gasteiger partial charge on any atom is 0.335 e. The lowest BCUT2D eigenvalue weighted by Gasteiger charge is -2.49. The number of aromatic carboxylic acids is 1. The van der Waals surface area contributed by atoms with Crippen LogP contribution in [0.4, 0.5) is 17.1 Å². The van der Waals surface area contributed by atoms with Gasteiger partial charge in [-0.2, -0.15) is 13.0 Å². The SMILES string of the molecule is Cc1ccc2c(c1)C(C)(C)C1=C3C=C4C5=[N+](CCC4N(Nc4ccc(C(=O)O)cc4)C3CCN12)c1ccc(S(=O)(=O)O)cc1C5(C)C. The van der Waals surface area contributed by atoms with Crippen LogP contribution < -0.4 is 10.3 Å². The first-order valence-electron chi connectivity index (χ1n) is 16.2. The summed E-state index contributed by atoms with van der Waals surface area (Å²) in [5.41, 5.74) is 14.6. The average Bonchev–Trinajstić information content (AvgIpc) is 3.39. The Morgan fingerprint density at radius 2 is 1.68 bits per heavy atom.